The molecule has 0 aliphatic carbocycles. The van der Waals surface area contributed by atoms with E-state index >= 15 is 0 Å². The number of anilines is 1. The van der Waals surface area contributed by atoms with E-state index < -0.39 is 0 Å². The van der Waals surface area contributed by atoms with E-state index in [2.05, 4.69) is 10.6 Å². The van der Waals surface area contributed by atoms with Crippen molar-refractivity contribution in [1.82, 2.24) is 10.2 Å². The van der Waals surface area contributed by atoms with Crippen LogP contribution in [-0.2, 0) is 6.54 Å². The molecule has 0 unspecified atom stereocenters. The maximum Gasteiger partial charge on any atom is 0.321 e. The summed E-state index contributed by atoms with van der Waals surface area (Å²) in [7, 11) is 1.66. The van der Waals surface area contributed by atoms with Gasteiger partial charge in [0.05, 0.1) is 6.54 Å². The van der Waals surface area contributed by atoms with Crippen molar-refractivity contribution in [2.75, 3.05) is 25.5 Å². The topological polar surface area (TPSA) is 70.7 Å². The first kappa shape index (κ1) is 23.1. The van der Waals surface area contributed by atoms with Crippen LogP contribution in [0.3, 0.4) is 0 Å². The molecule has 0 aliphatic heterocycles. The third-order valence-electron chi connectivity index (χ3n) is 4.65. The van der Waals surface area contributed by atoms with Gasteiger partial charge in [0.2, 0.25) is 0 Å². The number of carbonyl (C=O) groups is 2. The largest absolute Gasteiger partial charge is 0.492 e. The van der Waals surface area contributed by atoms with E-state index in [-0.39, 0.29) is 24.3 Å². The number of ether oxygens (including phenoxy) is 1. The van der Waals surface area contributed by atoms with Crippen molar-refractivity contribution in [3.8, 4) is 5.75 Å². The number of hydrogen-bond acceptors (Lipinski definition) is 3. The zero-order valence-corrected chi connectivity index (χ0v) is 18.2. The predicted octanol–water partition coefficient (Wildman–Crippen LogP) is 4.95. The molecule has 0 fully saturated rings. The molecule has 0 saturated heterocycles. The first-order valence-electron chi connectivity index (χ1n) is 9.94. The lowest BCUT2D eigenvalue weighted by Gasteiger charge is -2.18. The summed E-state index contributed by atoms with van der Waals surface area (Å²) in [5, 5.41) is 6.07. The molecular weight excluding hydrogens is 433 g/mol. The minimum absolute atomic E-state index is 0.0902. The van der Waals surface area contributed by atoms with Gasteiger partial charge < -0.3 is 20.3 Å². The van der Waals surface area contributed by atoms with Gasteiger partial charge in [-0.3, -0.25) is 4.79 Å². The summed E-state index contributed by atoms with van der Waals surface area (Å²) in [6, 6.07) is 19.4. The Balaban J connectivity index is 1.44. The third-order valence-corrected chi connectivity index (χ3v) is 4.90. The van der Waals surface area contributed by atoms with Crippen molar-refractivity contribution in [1.29, 1.82) is 0 Å². The monoisotopic (exact) mass is 455 g/mol. The molecule has 0 saturated carbocycles. The van der Waals surface area contributed by atoms with Crippen LogP contribution < -0.4 is 15.4 Å². The number of carbonyl (C=O) groups excluding carboxylic acids is 2. The van der Waals surface area contributed by atoms with Crippen molar-refractivity contribution in [2.45, 2.75) is 6.54 Å². The lowest BCUT2D eigenvalue weighted by atomic mass is 10.1. The average Bonchev–Trinajstić information content (AvgIpc) is 2.80. The van der Waals surface area contributed by atoms with E-state index in [0.29, 0.717) is 40.7 Å². The number of halogens is 2. The van der Waals surface area contributed by atoms with Gasteiger partial charge in [-0.05, 0) is 54.6 Å². The van der Waals surface area contributed by atoms with Crippen LogP contribution >= 0.6 is 11.6 Å². The summed E-state index contributed by atoms with van der Waals surface area (Å²) in [6.45, 7) is 0.796. The van der Waals surface area contributed by atoms with Crippen LogP contribution in [0, 0.1) is 5.82 Å². The molecule has 3 rings (SSSR count). The van der Waals surface area contributed by atoms with Crippen LogP contribution in [0.1, 0.15) is 15.9 Å². The summed E-state index contributed by atoms with van der Waals surface area (Å²) in [6.07, 6.45) is 0. The highest BCUT2D eigenvalue weighted by Crippen LogP contribution is 2.15. The number of amides is 3. The van der Waals surface area contributed by atoms with E-state index in [4.69, 9.17) is 16.3 Å². The van der Waals surface area contributed by atoms with Crippen molar-refractivity contribution in [2.24, 2.45) is 0 Å². The van der Waals surface area contributed by atoms with Gasteiger partial charge in [0.15, 0.2) is 0 Å². The Morgan fingerprint density at radius 1 is 1.00 bits per heavy atom. The van der Waals surface area contributed by atoms with Gasteiger partial charge in [-0.15, -0.1) is 0 Å². The normalized spacial score (nSPS) is 10.3. The predicted molar refractivity (Wildman–Crippen MR) is 123 cm³/mol. The Labute approximate surface area is 191 Å². The molecule has 0 bridgehead atoms. The Morgan fingerprint density at radius 3 is 2.38 bits per heavy atom. The van der Waals surface area contributed by atoms with Crippen LogP contribution in [-0.4, -0.2) is 37.0 Å². The molecule has 0 heterocycles. The zero-order valence-electron chi connectivity index (χ0n) is 17.5. The Hall–Kier alpha value is -3.58. The number of hydrogen-bond donors (Lipinski definition) is 2. The molecule has 2 N–H and O–H groups in total. The Morgan fingerprint density at radius 2 is 1.69 bits per heavy atom. The molecule has 0 aromatic heterocycles. The molecule has 3 aromatic rings. The maximum absolute atomic E-state index is 13.7. The maximum atomic E-state index is 13.7. The quantitative estimate of drug-likeness (QED) is 0.504. The molecule has 3 aromatic carbocycles. The Bertz CT molecular complexity index is 1060. The van der Waals surface area contributed by atoms with E-state index in [1.807, 2.05) is 0 Å². The number of rotatable bonds is 8. The molecule has 8 heteroatoms. The SMILES string of the molecule is CN(CCOc1ccc(Cl)cc1)C(=O)Nc1ccc(C(=O)NCc2ccccc2F)cc1. The second-order valence-electron chi connectivity index (χ2n) is 7.01. The molecule has 0 aliphatic rings. The van der Waals surface area contributed by atoms with Gasteiger partial charge in [0.1, 0.15) is 18.2 Å². The fourth-order valence-electron chi connectivity index (χ4n) is 2.78. The molecule has 166 valence electrons. The summed E-state index contributed by atoms with van der Waals surface area (Å²) < 4.78 is 19.2. The smallest absolute Gasteiger partial charge is 0.321 e. The van der Waals surface area contributed by atoms with Gasteiger partial charge in [0.25, 0.3) is 5.91 Å². The molecule has 0 radical (unpaired) electrons. The highest BCUT2D eigenvalue weighted by molar-refractivity contribution is 6.30. The number of benzene rings is 3. The van der Waals surface area contributed by atoms with Crippen molar-refractivity contribution in [3.63, 3.8) is 0 Å². The second-order valence-corrected chi connectivity index (χ2v) is 7.44. The summed E-state index contributed by atoms with van der Waals surface area (Å²) in [4.78, 5) is 26.1. The van der Waals surface area contributed by atoms with Crippen LogP contribution in [0.4, 0.5) is 14.9 Å². The molecule has 3 amide bonds. The van der Waals surface area contributed by atoms with Crippen LogP contribution in [0.15, 0.2) is 72.8 Å². The lowest BCUT2D eigenvalue weighted by molar-refractivity contribution is 0.0950. The van der Waals surface area contributed by atoms with E-state index in [1.54, 1.807) is 73.8 Å². The average molecular weight is 456 g/mol. The summed E-state index contributed by atoms with van der Waals surface area (Å²) in [5.41, 5.74) is 1.36. The highest BCUT2D eigenvalue weighted by Gasteiger charge is 2.11. The minimum Gasteiger partial charge on any atom is -0.492 e. The third kappa shape index (κ3) is 6.72. The van der Waals surface area contributed by atoms with E-state index in [9.17, 15) is 14.0 Å². The first-order chi connectivity index (χ1) is 15.4. The highest BCUT2D eigenvalue weighted by atomic mass is 35.5. The van der Waals surface area contributed by atoms with Crippen LogP contribution in [0.2, 0.25) is 5.02 Å². The molecule has 6 nitrogen and oxygen atoms in total. The number of nitrogens with zero attached hydrogens (tertiary/aromatic N) is 1. The molecular formula is C24H23ClFN3O3. The van der Waals surface area contributed by atoms with Gasteiger partial charge in [-0.25, -0.2) is 9.18 Å². The minimum atomic E-state index is -0.367. The van der Waals surface area contributed by atoms with Gasteiger partial charge >= 0.3 is 6.03 Å². The van der Waals surface area contributed by atoms with E-state index in [0.717, 1.165) is 0 Å². The first-order valence-corrected chi connectivity index (χ1v) is 10.3. The summed E-state index contributed by atoms with van der Waals surface area (Å²) in [5.74, 6) is -0.0248. The molecule has 0 atom stereocenters. The fraction of sp³-hybridized carbons (Fsp3) is 0.167. The zero-order chi connectivity index (χ0) is 22.9. The molecule has 32 heavy (non-hydrogen) atoms. The second kappa shape index (κ2) is 11.2. The molecule has 0 spiro atoms. The number of nitrogens with one attached hydrogen (secondary N) is 2. The van der Waals surface area contributed by atoms with E-state index in [1.165, 1.54) is 11.0 Å². The van der Waals surface area contributed by atoms with Crippen molar-refractivity contribution < 1.29 is 18.7 Å². The number of urea groups is 1. The summed E-state index contributed by atoms with van der Waals surface area (Å²) >= 11 is 5.84. The van der Waals surface area contributed by atoms with Crippen molar-refractivity contribution >= 4 is 29.2 Å². The Kier molecular flexibility index (Phi) is 8.05. The van der Waals surface area contributed by atoms with Crippen LogP contribution in [0.5, 0.6) is 5.75 Å². The van der Waals surface area contributed by atoms with Gasteiger partial charge in [-0.1, -0.05) is 29.8 Å². The lowest BCUT2D eigenvalue weighted by Crippen LogP contribution is -2.34. The number of likely N-dealkylation sites (N-methyl/N-ethyl adjacent to an activating group) is 1. The van der Waals surface area contributed by atoms with Crippen LogP contribution in [0.25, 0.3) is 0 Å². The van der Waals surface area contributed by atoms with Crippen molar-refractivity contribution in [3.05, 3.63) is 94.8 Å². The van der Waals surface area contributed by atoms with Gasteiger partial charge in [-0.2, -0.15) is 0 Å². The fourth-order valence-corrected chi connectivity index (χ4v) is 2.90. The van der Waals surface area contributed by atoms with Gasteiger partial charge in [0, 0.05) is 35.4 Å². The standard InChI is InChI=1S/C24H23ClFN3O3/c1-29(14-15-32-21-12-8-19(25)9-13-21)24(31)28-20-10-6-17(7-11-20)23(30)27-16-18-4-2-3-5-22(18)26/h2-13H,14-16H2,1H3,(H,27,30)(H,28,31).